The predicted molar refractivity (Wildman–Crippen MR) is 86.8 cm³/mol. The Morgan fingerprint density at radius 3 is 2.71 bits per heavy atom. The minimum absolute atomic E-state index is 0.134. The number of ether oxygens (including phenoxy) is 4. The Kier molecular flexibility index (Phi) is 4.81. The molecule has 0 bridgehead atoms. The number of nitrogens with zero attached hydrogens (tertiary/aromatic N) is 1. The van der Waals surface area contributed by atoms with Crippen molar-refractivity contribution < 1.29 is 23.7 Å². The first-order chi connectivity index (χ1) is 11.7. The highest BCUT2D eigenvalue weighted by Crippen LogP contribution is 2.31. The molecule has 0 aromatic heterocycles. The van der Waals surface area contributed by atoms with Gasteiger partial charge >= 0.3 is 0 Å². The number of hydrazone groups is 1. The third-order valence-corrected chi connectivity index (χ3v) is 3.23. The van der Waals surface area contributed by atoms with Crippen LogP contribution in [-0.4, -0.2) is 32.6 Å². The van der Waals surface area contributed by atoms with E-state index in [1.54, 1.807) is 43.5 Å². The summed E-state index contributed by atoms with van der Waals surface area (Å²) >= 11 is 0. The van der Waals surface area contributed by atoms with E-state index in [1.807, 2.05) is 6.07 Å². The Hall–Kier alpha value is -3.22. The van der Waals surface area contributed by atoms with Gasteiger partial charge in [0.15, 0.2) is 18.1 Å². The highest BCUT2D eigenvalue weighted by Gasteiger charge is 2.12. The van der Waals surface area contributed by atoms with Crippen LogP contribution in [0.5, 0.6) is 23.0 Å². The molecule has 1 heterocycles. The maximum absolute atomic E-state index is 11.7. The van der Waals surface area contributed by atoms with Gasteiger partial charge in [-0.25, -0.2) is 5.43 Å². The second-order valence-corrected chi connectivity index (χ2v) is 4.87. The number of benzene rings is 2. The SMILES string of the molecule is COc1ccc(OCC(=O)NN=Cc2ccc3c(c2)OCO3)cc1. The van der Waals surface area contributed by atoms with E-state index in [2.05, 4.69) is 10.5 Å². The van der Waals surface area contributed by atoms with E-state index in [-0.39, 0.29) is 19.3 Å². The molecule has 2 aromatic rings. The van der Waals surface area contributed by atoms with Gasteiger partial charge in [-0.1, -0.05) is 0 Å². The van der Waals surface area contributed by atoms with Gasteiger partial charge in [0.25, 0.3) is 5.91 Å². The summed E-state index contributed by atoms with van der Waals surface area (Å²) in [6.45, 7) is 0.0835. The van der Waals surface area contributed by atoms with Crippen molar-refractivity contribution in [1.29, 1.82) is 0 Å². The normalized spacial score (nSPS) is 12.2. The van der Waals surface area contributed by atoms with Crippen molar-refractivity contribution in [3.05, 3.63) is 48.0 Å². The van der Waals surface area contributed by atoms with Crippen LogP contribution < -0.4 is 24.4 Å². The van der Waals surface area contributed by atoms with E-state index in [1.165, 1.54) is 6.21 Å². The second-order valence-electron chi connectivity index (χ2n) is 4.87. The molecule has 7 nitrogen and oxygen atoms in total. The lowest BCUT2D eigenvalue weighted by Crippen LogP contribution is -2.24. The Bertz CT molecular complexity index is 743. The van der Waals surface area contributed by atoms with Crippen LogP contribution in [-0.2, 0) is 4.79 Å². The number of hydrogen-bond acceptors (Lipinski definition) is 6. The second kappa shape index (κ2) is 7.36. The van der Waals surface area contributed by atoms with Gasteiger partial charge in [-0.05, 0) is 48.0 Å². The summed E-state index contributed by atoms with van der Waals surface area (Å²) in [4.78, 5) is 11.7. The van der Waals surface area contributed by atoms with Crippen LogP contribution in [0.15, 0.2) is 47.6 Å². The van der Waals surface area contributed by atoms with Crippen LogP contribution >= 0.6 is 0 Å². The third kappa shape index (κ3) is 3.95. The molecule has 1 aliphatic rings. The van der Waals surface area contributed by atoms with Crippen molar-refractivity contribution in [2.45, 2.75) is 0 Å². The zero-order valence-electron chi connectivity index (χ0n) is 13.0. The minimum atomic E-state index is -0.359. The van der Waals surface area contributed by atoms with Crippen LogP contribution in [0.3, 0.4) is 0 Å². The molecule has 0 spiro atoms. The van der Waals surface area contributed by atoms with E-state index in [0.717, 1.165) is 11.3 Å². The molecule has 1 N–H and O–H groups in total. The Balaban J connectivity index is 1.46. The largest absolute Gasteiger partial charge is 0.497 e. The zero-order chi connectivity index (χ0) is 16.8. The van der Waals surface area contributed by atoms with Gasteiger partial charge in [-0.15, -0.1) is 0 Å². The van der Waals surface area contributed by atoms with E-state index < -0.39 is 0 Å². The molecule has 124 valence electrons. The van der Waals surface area contributed by atoms with Gasteiger partial charge in [0.2, 0.25) is 6.79 Å². The topological polar surface area (TPSA) is 78.4 Å². The lowest BCUT2D eigenvalue weighted by atomic mass is 10.2. The first-order valence-electron chi connectivity index (χ1n) is 7.23. The fourth-order valence-corrected chi connectivity index (χ4v) is 2.03. The van der Waals surface area contributed by atoms with Crippen LogP contribution in [0.1, 0.15) is 5.56 Å². The molecule has 1 amide bonds. The molecule has 0 unspecified atom stereocenters. The molecule has 0 radical (unpaired) electrons. The average Bonchev–Trinajstić information content (AvgIpc) is 3.08. The number of rotatable bonds is 6. The van der Waals surface area contributed by atoms with Gasteiger partial charge < -0.3 is 18.9 Å². The van der Waals surface area contributed by atoms with Crippen LogP contribution in [0.2, 0.25) is 0 Å². The monoisotopic (exact) mass is 328 g/mol. The van der Waals surface area contributed by atoms with Crippen molar-refractivity contribution in [1.82, 2.24) is 5.43 Å². The van der Waals surface area contributed by atoms with Crippen LogP contribution in [0, 0.1) is 0 Å². The molecule has 1 aliphatic heterocycles. The summed E-state index contributed by atoms with van der Waals surface area (Å²) in [6.07, 6.45) is 1.52. The lowest BCUT2D eigenvalue weighted by molar-refractivity contribution is -0.123. The van der Waals surface area contributed by atoms with E-state index in [0.29, 0.717) is 17.2 Å². The summed E-state index contributed by atoms with van der Waals surface area (Å²) < 4.78 is 20.9. The third-order valence-electron chi connectivity index (χ3n) is 3.23. The Morgan fingerprint density at radius 1 is 1.17 bits per heavy atom. The molecule has 24 heavy (non-hydrogen) atoms. The quantitative estimate of drug-likeness (QED) is 0.648. The molecule has 0 atom stereocenters. The van der Waals surface area contributed by atoms with E-state index >= 15 is 0 Å². The van der Waals surface area contributed by atoms with Crippen LogP contribution in [0.25, 0.3) is 0 Å². The minimum Gasteiger partial charge on any atom is -0.497 e. The number of nitrogens with one attached hydrogen (secondary N) is 1. The summed E-state index contributed by atoms with van der Waals surface area (Å²) in [5, 5.41) is 3.89. The van der Waals surface area contributed by atoms with Gasteiger partial charge in [0.05, 0.1) is 13.3 Å². The highest BCUT2D eigenvalue weighted by atomic mass is 16.7. The van der Waals surface area contributed by atoms with Gasteiger partial charge in [-0.2, -0.15) is 5.10 Å². The fourth-order valence-electron chi connectivity index (χ4n) is 2.03. The van der Waals surface area contributed by atoms with E-state index in [9.17, 15) is 4.79 Å². The van der Waals surface area contributed by atoms with Crippen molar-refractivity contribution in [2.24, 2.45) is 5.10 Å². The number of hydrogen-bond donors (Lipinski definition) is 1. The zero-order valence-corrected chi connectivity index (χ0v) is 13.0. The van der Waals surface area contributed by atoms with Crippen molar-refractivity contribution in [2.75, 3.05) is 20.5 Å². The first-order valence-corrected chi connectivity index (χ1v) is 7.23. The standard InChI is InChI=1S/C17H16N2O5/c1-21-13-3-5-14(6-4-13)22-10-17(20)19-18-9-12-2-7-15-16(8-12)24-11-23-15/h2-9H,10-11H2,1H3,(H,19,20). The first kappa shape index (κ1) is 15.7. The molecule has 7 heteroatoms. The summed E-state index contributed by atoms with van der Waals surface area (Å²) in [5.74, 6) is 2.30. The predicted octanol–water partition coefficient (Wildman–Crippen LogP) is 1.95. The lowest BCUT2D eigenvalue weighted by Gasteiger charge is -2.05. The molecular formula is C17H16N2O5. The van der Waals surface area contributed by atoms with Gasteiger partial charge in [-0.3, -0.25) is 4.79 Å². The average molecular weight is 328 g/mol. The Labute approximate surface area is 138 Å². The molecule has 3 rings (SSSR count). The summed E-state index contributed by atoms with van der Waals surface area (Å²) in [6, 6.07) is 12.3. The molecule has 0 fully saturated rings. The van der Waals surface area contributed by atoms with Crippen molar-refractivity contribution in [3.63, 3.8) is 0 Å². The van der Waals surface area contributed by atoms with E-state index in [4.69, 9.17) is 18.9 Å². The summed E-state index contributed by atoms with van der Waals surface area (Å²) in [5.41, 5.74) is 3.19. The van der Waals surface area contributed by atoms with Crippen LogP contribution in [0.4, 0.5) is 0 Å². The maximum Gasteiger partial charge on any atom is 0.277 e. The molecule has 0 saturated heterocycles. The molecular weight excluding hydrogens is 312 g/mol. The number of fused-ring (bicyclic) bond motifs is 1. The molecule has 0 saturated carbocycles. The molecule has 2 aromatic carbocycles. The fraction of sp³-hybridized carbons (Fsp3) is 0.176. The number of amides is 1. The van der Waals surface area contributed by atoms with Gasteiger partial charge in [0.1, 0.15) is 11.5 Å². The summed E-state index contributed by atoms with van der Waals surface area (Å²) in [7, 11) is 1.58. The highest BCUT2D eigenvalue weighted by molar-refractivity contribution is 5.83. The number of carbonyl (C=O) groups excluding carboxylic acids is 1. The Morgan fingerprint density at radius 2 is 1.92 bits per heavy atom. The van der Waals surface area contributed by atoms with Crippen molar-refractivity contribution in [3.8, 4) is 23.0 Å². The van der Waals surface area contributed by atoms with Crippen molar-refractivity contribution >= 4 is 12.1 Å². The number of carbonyl (C=O) groups is 1. The maximum atomic E-state index is 11.7. The number of methoxy groups -OCH3 is 1. The van der Waals surface area contributed by atoms with Gasteiger partial charge in [0, 0.05) is 0 Å². The molecule has 0 aliphatic carbocycles. The smallest absolute Gasteiger partial charge is 0.277 e.